The SMILES string of the molecule is COc1cccc(C(=O)N2CCc3cc(OC)c(OC)cc3C2COc2cccc(C(F)(F)F)c2)c1. The first kappa shape index (κ1) is 25.2. The smallest absolute Gasteiger partial charge is 0.416 e. The van der Waals surface area contributed by atoms with Gasteiger partial charge >= 0.3 is 6.18 Å². The van der Waals surface area contributed by atoms with Gasteiger partial charge in [0.1, 0.15) is 18.1 Å². The third-order valence-electron chi connectivity index (χ3n) is 6.15. The molecular formula is C27H26F3NO5. The Labute approximate surface area is 207 Å². The van der Waals surface area contributed by atoms with Crippen molar-refractivity contribution in [1.29, 1.82) is 0 Å². The second-order valence-corrected chi connectivity index (χ2v) is 8.24. The van der Waals surface area contributed by atoms with E-state index in [-0.39, 0.29) is 18.3 Å². The second-order valence-electron chi connectivity index (χ2n) is 8.24. The first-order chi connectivity index (χ1) is 17.2. The molecule has 0 bridgehead atoms. The molecule has 6 nitrogen and oxygen atoms in total. The maximum atomic E-state index is 13.6. The fourth-order valence-corrected chi connectivity index (χ4v) is 4.31. The lowest BCUT2D eigenvalue weighted by Gasteiger charge is -2.37. The number of alkyl halides is 3. The number of ether oxygens (including phenoxy) is 4. The summed E-state index contributed by atoms with van der Waals surface area (Å²) in [5.74, 6) is 1.40. The molecule has 1 aliphatic rings. The number of carbonyl (C=O) groups excluding carboxylic acids is 1. The van der Waals surface area contributed by atoms with E-state index in [9.17, 15) is 18.0 Å². The average molecular weight is 502 g/mol. The molecule has 1 amide bonds. The summed E-state index contributed by atoms with van der Waals surface area (Å²) in [6, 6.07) is 14.6. The molecule has 9 heteroatoms. The zero-order valence-corrected chi connectivity index (χ0v) is 20.1. The van der Waals surface area contributed by atoms with Crippen LogP contribution in [0.4, 0.5) is 13.2 Å². The van der Waals surface area contributed by atoms with Gasteiger partial charge in [0, 0.05) is 12.1 Å². The second kappa shape index (κ2) is 10.4. The maximum absolute atomic E-state index is 13.6. The fourth-order valence-electron chi connectivity index (χ4n) is 4.31. The molecule has 0 aromatic heterocycles. The predicted molar refractivity (Wildman–Crippen MR) is 127 cm³/mol. The van der Waals surface area contributed by atoms with Gasteiger partial charge in [0.05, 0.1) is 32.9 Å². The van der Waals surface area contributed by atoms with Gasteiger partial charge < -0.3 is 23.8 Å². The Bertz CT molecular complexity index is 1240. The molecule has 1 heterocycles. The standard InChI is InChI=1S/C27H26F3NO5/c1-33-20-8-4-6-18(12-20)26(32)31-11-10-17-13-24(34-2)25(35-3)15-22(17)23(31)16-36-21-9-5-7-19(14-21)27(28,29)30/h4-9,12-15,23H,10-11,16H2,1-3H3. The molecule has 1 unspecified atom stereocenters. The van der Waals surface area contributed by atoms with Crippen LogP contribution in [0.3, 0.4) is 0 Å². The molecule has 0 spiro atoms. The Balaban J connectivity index is 1.70. The number of amides is 1. The van der Waals surface area contributed by atoms with Crippen LogP contribution in [0.5, 0.6) is 23.0 Å². The van der Waals surface area contributed by atoms with Crippen LogP contribution in [0.25, 0.3) is 0 Å². The number of fused-ring (bicyclic) bond motifs is 1. The lowest BCUT2D eigenvalue weighted by molar-refractivity contribution is -0.137. The van der Waals surface area contributed by atoms with E-state index in [0.717, 1.165) is 23.3 Å². The number of carbonyl (C=O) groups is 1. The molecule has 36 heavy (non-hydrogen) atoms. The molecule has 190 valence electrons. The summed E-state index contributed by atoms with van der Waals surface area (Å²) in [6.07, 6.45) is -3.93. The molecule has 0 saturated carbocycles. The van der Waals surface area contributed by atoms with Crippen molar-refractivity contribution in [2.75, 3.05) is 34.5 Å². The molecule has 0 N–H and O–H groups in total. The van der Waals surface area contributed by atoms with Crippen molar-refractivity contribution < 1.29 is 36.9 Å². The molecule has 3 aromatic rings. The highest BCUT2D eigenvalue weighted by Gasteiger charge is 2.34. The number of benzene rings is 3. The highest BCUT2D eigenvalue weighted by atomic mass is 19.4. The van der Waals surface area contributed by atoms with Gasteiger partial charge in [-0.15, -0.1) is 0 Å². The monoisotopic (exact) mass is 501 g/mol. The molecule has 4 rings (SSSR count). The summed E-state index contributed by atoms with van der Waals surface area (Å²) >= 11 is 0. The van der Waals surface area contributed by atoms with Crippen LogP contribution in [-0.4, -0.2) is 45.3 Å². The van der Waals surface area contributed by atoms with E-state index in [4.69, 9.17) is 18.9 Å². The van der Waals surface area contributed by atoms with E-state index < -0.39 is 17.8 Å². The van der Waals surface area contributed by atoms with Crippen LogP contribution >= 0.6 is 0 Å². The minimum Gasteiger partial charge on any atom is -0.497 e. The van der Waals surface area contributed by atoms with Gasteiger partial charge in [0.2, 0.25) is 0 Å². The summed E-state index contributed by atoms with van der Waals surface area (Å²) in [6.45, 7) is 0.328. The molecule has 0 radical (unpaired) electrons. The number of hydrogen-bond donors (Lipinski definition) is 0. The van der Waals surface area contributed by atoms with E-state index in [1.807, 2.05) is 6.07 Å². The first-order valence-corrected chi connectivity index (χ1v) is 11.2. The molecule has 1 aliphatic heterocycles. The van der Waals surface area contributed by atoms with Gasteiger partial charge in [-0.1, -0.05) is 12.1 Å². The van der Waals surface area contributed by atoms with Gasteiger partial charge in [0.25, 0.3) is 5.91 Å². The Hall–Kier alpha value is -3.88. The van der Waals surface area contributed by atoms with E-state index in [1.165, 1.54) is 26.4 Å². The zero-order valence-electron chi connectivity index (χ0n) is 20.1. The van der Waals surface area contributed by atoms with Crippen molar-refractivity contribution >= 4 is 5.91 Å². The third kappa shape index (κ3) is 5.19. The summed E-state index contributed by atoms with van der Waals surface area (Å²) in [7, 11) is 4.58. The molecule has 1 atom stereocenters. The number of rotatable bonds is 7. The summed E-state index contributed by atoms with van der Waals surface area (Å²) < 4.78 is 61.5. The van der Waals surface area contributed by atoms with Crippen molar-refractivity contribution in [1.82, 2.24) is 4.90 Å². The van der Waals surface area contributed by atoms with Gasteiger partial charge in [-0.2, -0.15) is 13.2 Å². The number of hydrogen-bond acceptors (Lipinski definition) is 5. The van der Waals surface area contributed by atoms with Crippen LogP contribution in [0, 0.1) is 0 Å². The highest BCUT2D eigenvalue weighted by Crippen LogP contribution is 2.39. The van der Waals surface area contributed by atoms with Crippen molar-refractivity contribution in [3.63, 3.8) is 0 Å². The summed E-state index contributed by atoms with van der Waals surface area (Å²) in [5, 5.41) is 0. The average Bonchev–Trinajstić information content (AvgIpc) is 2.90. The quantitative estimate of drug-likeness (QED) is 0.425. The zero-order chi connectivity index (χ0) is 25.9. The normalized spacial score (nSPS) is 15.2. The Morgan fingerprint density at radius 3 is 2.31 bits per heavy atom. The molecule has 0 saturated heterocycles. The van der Waals surface area contributed by atoms with Crippen LogP contribution in [0.1, 0.15) is 33.1 Å². The molecule has 3 aromatic carbocycles. The van der Waals surface area contributed by atoms with Gasteiger partial charge in [0.15, 0.2) is 11.5 Å². The van der Waals surface area contributed by atoms with Crippen LogP contribution in [0.15, 0.2) is 60.7 Å². The topological polar surface area (TPSA) is 57.2 Å². The van der Waals surface area contributed by atoms with Crippen molar-refractivity contribution in [3.05, 3.63) is 82.9 Å². The van der Waals surface area contributed by atoms with Gasteiger partial charge in [-0.25, -0.2) is 0 Å². The lowest BCUT2D eigenvalue weighted by atomic mass is 9.91. The largest absolute Gasteiger partial charge is 0.497 e. The third-order valence-corrected chi connectivity index (χ3v) is 6.15. The van der Waals surface area contributed by atoms with Crippen LogP contribution in [0.2, 0.25) is 0 Å². The minimum atomic E-state index is -4.49. The highest BCUT2D eigenvalue weighted by molar-refractivity contribution is 5.95. The van der Waals surface area contributed by atoms with Crippen molar-refractivity contribution in [2.45, 2.75) is 18.6 Å². The van der Waals surface area contributed by atoms with E-state index >= 15 is 0 Å². The van der Waals surface area contributed by atoms with Crippen molar-refractivity contribution in [3.8, 4) is 23.0 Å². The summed E-state index contributed by atoms with van der Waals surface area (Å²) in [5.41, 5.74) is 1.35. The fraction of sp³-hybridized carbons (Fsp3) is 0.296. The first-order valence-electron chi connectivity index (χ1n) is 11.2. The number of nitrogens with zero attached hydrogens (tertiary/aromatic N) is 1. The van der Waals surface area contributed by atoms with E-state index in [2.05, 4.69) is 0 Å². The van der Waals surface area contributed by atoms with Crippen LogP contribution in [-0.2, 0) is 12.6 Å². The van der Waals surface area contributed by atoms with Gasteiger partial charge in [-0.05, 0) is 66.1 Å². The number of methoxy groups -OCH3 is 3. The Morgan fingerprint density at radius 1 is 0.917 bits per heavy atom. The van der Waals surface area contributed by atoms with Crippen LogP contribution < -0.4 is 18.9 Å². The number of halogens is 3. The predicted octanol–water partition coefficient (Wildman–Crippen LogP) is 5.55. The Morgan fingerprint density at radius 2 is 1.61 bits per heavy atom. The van der Waals surface area contributed by atoms with Crippen molar-refractivity contribution in [2.24, 2.45) is 0 Å². The molecule has 0 fully saturated rings. The van der Waals surface area contributed by atoms with E-state index in [1.54, 1.807) is 42.3 Å². The minimum absolute atomic E-state index is 0.0560. The maximum Gasteiger partial charge on any atom is 0.416 e. The van der Waals surface area contributed by atoms with Gasteiger partial charge in [-0.3, -0.25) is 4.79 Å². The van der Waals surface area contributed by atoms with E-state index in [0.29, 0.717) is 35.8 Å². The molecule has 0 aliphatic carbocycles. The molecular weight excluding hydrogens is 475 g/mol. The Kier molecular flexibility index (Phi) is 7.28. The lowest BCUT2D eigenvalue weighted by Crippen LogP contribution is -2.42. The summed E-state index contributed by atoms with van der Waals surface area (Å²) in [4.78, 5) is 15.2.